The van der Waals surface area contributed by atoms with Gasteiger partial charge in [0.15, 0.2) is 10.9 Å². The van der Waals surface area contributed by atoms with Gasteiger partial charge in [-0.05, 0) is 25.7 Å². The first-order valence-electron chi connectivity index (χ1n) is 5.62. The molecule has 3 nitrogen and oxygen atoms in total. The van der Waals surface area contributed by atoms with E-state index in [0.717, 1.165) is 36.8 Å². The van der Waals surface area contributed by atoms with E-state index in [1.165, 1.54) is 17.7 Å². The predicted octanol–water partition coefficient (Wildman–Crippen LogP) is 2.26. The Kier molecular flexibility index (Phi) is 2.24. The third-order valence-electron chi connectivity index (χ3n) is 3.13. The fourth-order valence-electron chi connectivity index (χ4n) is 2.30. The van der Waals surface area contributed by atoms with Gasteiger partial charge in [-0.2, -0.15) is 0 Å². The van der Waals surface area contributed by atoms with Crippen LogP contribution in [-0.4, -0.2) is 23.9 Å². The Hall–Kier alpha value is -0.900. The number of thiazole rings is 1. The average molecular weight is 222 g/mol. The van der Waals surface area contributed by atoms with Crippen molar-refractivity contribution in [2.24, 2.45) is 0 Å². The molecule has 0 unspecified atom stereocenters. The molecule has 1 aromatic rings. The maximum absolute atomic E-state index is 11.6. The van der Waals surface area contributed by atoms with Gasteiger partial charge in [0.05, 0.1) is 0 Å². The first-order valence-corrected chi connectivity index (χ1v) is 6.44. The van der Waals surface area contributed by atoms with E-state index in [-0.39, 0.29) is 5.78 Å². The third kappa shape index (κ3) is 1.57. The first-order chi connectivity index (χ1) is 7.34. The molecule has 0 saturated carbocycles. The van der Waals surface area contributed by atoms with Gasteiger partial charge in [0.1, 0.15) is 5.69 Å². The van der Waals surface area contributed by atoms with Gasteiger partial charge < -0.3 is 4.90 Å². The number of carbonyl (C=O) groups is 1. The fraction of sp³-hybridized carbons (Fsp3) is 0.636. The summed E-state index contributed by atoms with van der Waals surface area (Å²) in [6, 6.07) is 0. The highest BCUT2D eigenvalue weighted by molar-refractivity contribution is 7.16. The van der Waals surface area contributed by atoms with Gasteiger partial charge >= 0.3 is 0 Å². The Bertz CT molecular complexity index is 393. The highest BCUT2D eigenvalue weighted by atomic mass is 32.1. The summed E-state index contributed by atoms with van der Waals surface area (Å²) in [5, 5.41) is 1.08. The maximum Gasteiger partial charge on any atom is 0.186 e. The normalized spacial score (nSPS) is 20.8. The van der Waals surface area contributed by atoms with Crippen molar-refractivity contribution >= 4 is 22.3 Å². The van der Waals surface area contributed by atoms with Crippen LogP contribution in [0.5, 0.6) is 0 Å². The van der Waals surface area contributed by atoms with Crippen LogP contribution in [0.4, 0.5) is 5.13 Å². The van der Waals surface area contributed by atoms with Gasteiger partial charge in [-0.25, -0.2) is 4.98 Å². The second-order valence-corrected chi connectivity index (χ2v) is 5.30. The number of rotatable bonds is 1. The van der Waals surface area contributed by atoms with Crippen molar-refractivity contribution in [2.75, 3.05) is 18.0 Å². The molecule has 2 heterocycles. The Balaban J connectivity index is 1.94. The first kappa shape index (κ1) is 9.33. The van der Waals surface area contributed by atoms with Crippen LogP contribution < -0.4 is 4.90 Å². The van der Waals surface area contributed by atoms with E-state index in [1.54, 1.807) is 11.3 Å². The number of ketones is 1. The largest absolute Gasteiger partial charge is 0.348 e. The summed E-state index contributed by atoms with van der Waals surface area (Å²) < 4.78 is 0. The smallest absolute Gasteiger partial charge is 0.186 e. The summed E-state index contributed by atoms with van der Waals surface area (Å²) in [6.45, 7) is 2.22. The average Bonchev–Trinajstić information content (AvgIpc) is 2.86. The minimum Gasteiger partial charge on any atom is -0.348 e. The summed E-state index contributed by atoms with van der Waals surface area (Å²) in [5.74, 6) is 0.248. The topological polar surface area (TPSA) is 33.2 Å². The Labute approximate surface area is 93.1 Å². The predicted molar refractivity (Wildman–Crippen MR) is 60.8 cm³/mol. The van der Waals surface area contributed by atoms with Crippen molar-refractivity contribution in [3.63, 3.8) is 0 Å². The number of aromatic nitrogens is 1. The lowest BCUT2D eigenvalue weighted by molar-refractivity contribution is 0.0968. The number of anilines is 1. The van der Waals surface area contributed by atoms with Crippen molar-refractivity contribution in [1.82, 2.24) is 4.98 Å². The molecular formula is C11H14N2OS. The highest BCUT2D eigenvalue weighted by Crippen LogP contribution is 2.33. The molecule has 0 aromatic carbocycles. The van der Waals surface area contributed by atoms with E-state index in [1.807, 2.05) is 0 Å². The summed E-state index contributed by atoms with van der Waals surface area (Å²) in [6.07, 6.45) is 5.27. The Morgan fingerprint density at radius 3 is 2.67 bits per heavy atom. The van der Waals surface area contributed by atoms with Crippen LogP contribution in [0.25, 0.3) is 0 Å². The quantitative estimate of drug-likeness (QED) is 0.730. The molecule has 4 heteroatoms. The maximum atomic E-state index is 11.6. The van der Waals surface area contributed by atoms with E-state index in [0.29, 0.717) is 6.42 Å². The summed E-state index contributed by atoms with van der Waals surface area (Å²) in [5.41, 5.74) is 0.771. The molecule has 2 aliphatic rings. The van der Waals surface area contributed by atoms with Crippen molar-refractivity contribution < 1.29 is 4.79 Å². The van der Waals surface area contributed by atoms with E-state index < -0.39 is 0 Å². The van der Waals surface area contributed by atoms with E-state index in [4.69, 9.17) is 0 Å². The number of nitrogens with zero attached hydrogens (tertiary/aromatic N) is 2. The summed E-state index contributed by atoms with van der Waals surface area (Å²) >= 11 is 1.73. The molecule has 1 aliphatic heterocycles. The number of carbonyl (C=O) groups excluding carboxylic acids is 1. The van der Waals surface area contributed by atoms with Crippen LogP contribution in [0.1, 0.15) is 41.0 Å². The van der Waals surface area contributed by atoms with Crippen LogP contribution >= 0.6 is 11.3 Å². The molecule has 0 radical (unpaired) electrons. The third-order valence-corrected chi connectivity index (χ3v) is 4.31. The van der Waals surface area contributed by atoms with Crippen molar-refractivity contribution in [1.29, 1.82) is 0 Å². The van der Waals surface area contributed by atoms with Crippen molar-refractivity contribution in [3.05, 3.63) is 10.6 Å². The molecule has 0 amide bonds. The summed E-state index contributed by atoms with van der Waals surface area (Å²) in [7, 11) is 0. The second kappa shape index (κ2) is 3.59. The number of Topliss-reactive ketones (excluding diaryl/α,β-unsaturated/α-hetero) is 1. The standard InChI is InChI=1S/C11H14N2OS/c14-8-4-3-5-9-10(8)12-11(15-9)13-6-1-2-7-13/h1-7H2. The molecule has 1 fully saturated rings. The molecule has 0 spiro atoms. The van der Waals surface area contributed by atoms with Gasteiger partial charge in [-0.15, -0.1) is 11.3 Å². The summed E-state index contributed by atoms with van der Waals surface area (Å²) in [4.78, 5) is 19.7. The van der Waals surface area contributed by atoms with E-state index in [9.17, 15) is 4.79 Å². The van der Waals surface area contributed by atoms with Crippen molar-refractivity contribution in [3.8, 4) is 0 Å². The van der Waals surface area contributed by atoms with Crippen LogP contribution in [0.15, 0.2) is 0 Å². The minimum atomic E-state index is 0.248. The van der Waals surface area contributed by atoms with E-state index >= 15 is 0 Å². The van der Waals surface area contributed by atoms with Gasteiger partial charge in [-0.3, -0.25) is 4.79 Å². The lowest BCUT2D eigenvalue weighted by atomic mass is 10.0. The Morgan fingerprint density at radius 2 is 1.93 bits per heavy atom. The molecule has 1 aliphatic carbocycles. The molecule has 15 heavy (non-hydrogen) atoms. The van der Waals surface area contributed by atoms with Crippen LogP contribution in [-0.2, 0) is 6.42 Å². The number of hydrogen-bond acceptors (Lipinski definition) is 4. The van der Waals surface area contributed by atoms with Crippen LogP contribution in [0, 0.1) is 0 Å². The highest BCUT2D eigenvalue weighted by Gasteiger charge is 2.25. The zero-order valence-corrected chi connectivity index (χ0v) is 9.48. The van der Waals surface area contributed by atoms with Gasteiger partial charge in [0, 0.05) is 24.4 Å². The van der Waals surface area contributed by atoms with Gasteiger partial charge in [0.25, 0.3) is 0 Å². The molecule has 0 atom stereocenters. The van der Waals surface area contributed by atoms with Gasteiger partial charge in [0.2, 0.25) is 0 Å². The zero-order valence-electron chi connectivity index (χ0n) is 8.66. The minimum absolute atomic E-state index is 0.248. The number of fused-ring (bicyclic) bond motifs is 1. The lowest BCUT2D eigenvalue weighted by Gasteiger charge is -2.11. The zero-order chi connectivity index (χ0) is 10.3. The van der Waals surface area contributed by atoms with Crippen LogP contribution in [0.2, 0.25) is 0 Å². The molecule has 3 rings (SSSR count). The molecule has 80 valence electrons. The fourth-order valence-corrected chi connectivity index (χ4v) is 3.47. The molecule has 1 aromatic heterocycles. The monoisotopic (exact) mass is 222 g/mol. The molecule has 0 N–H and O–H groups in total. The lowest BCUT2D eigenvalue weighted by Crippen LogP contribution is -2.17. The number of aryl methyl sites for hydroxylation is 1. The Morgan fingerprint density at radius 1 is 1.13 bits per heavy atom. The number of hydrogen-bond donors (Lipinski definition) is 0. The molecular weight excluding hydrogens is 208 g/mol. The van der Waals surface area contributed by atoms with Crippen molar-refractivity contribution in [2.45, 2.75) is 32.1 Å². The van der Waals surface area contributed by atoms with Gasteiger partial charge in [-0.1, -0.05) is 0 Å². The SMILES string of the molecule is O=C1CCCc2sc(N3CCCC3)nc21. The molecule has 0 bridgehead atoms. The second-order valence-electron chi connectivity index (χ2n) is 4.24. The molecule has 1 saturated heterocycles. The van der Waals surface area contributed by atoms with Crippen LogP contribution in [0.3, 0.4) is 0 Å². The van der Waals surface area contributed by atoms with E-state index in [2.05, 4.69) is 9.88 Å².